The molecule has 108 valence electrons. The van der Waals surface area contributed by atoms with E-state index in [2.05, 4.69) is 21.2 Å². The number of halogens is 2. The van der Waals surface area contributed by atoms with E-state index in [1.807, 2.05) is 0 Å². The maximum absolute atomic E-state index is 12.1. The molecule has 0 saturated heterocycles. The van der Waals surface area contributed by atoms with Crippen LogP contribution in [0.25, 0.3) is 0 Å². The average molecular weight is 371 g/mol. The summed E-state index contributed by atoms with van der Waals surface area (Å²) in [6.07, 6.45) is 0. The molecule has 0 aliphatic heterocycles. The lowest BCUT2D eigenvalue weighted by Crippen LogP contribution is -2.12. The summed E-state index contributed by atoms with van der Waals surface area (Å²) in [5.74, 6) is -0.479. The van der Waals surface area contributed by atoms with E-state index in [4.69, 9.17) is 17.3 Å². The van der Waals surface area contributed by atoms with E-state index in [0.29, 0.717) is 15.2 Å². The summed E-state index contributed by atoms with van der Waals surface area (Å²) in [6.45, 7) is 0. The lowest BCUT2D eigenvalue weighted by atomic mass is 10.1. The van der Waals surface area contributed by atoms with Crippen LogP contribution in [0.5, 0.6) is 0 Å². The van der Waals surface area contributed by atoms with Crippen LogP contribution in [-0.4, -0.2) is 10.8 Å². The predicted octanol–water partition coefficient (Wildman–Crippen LogP) is 3.85. The van der Waals surface area contributed by atoms with Crippen molar-refractivity contribution in [2.75, 3.05) is 11.1 Å². The SMILES string of the molecule is Nc1ccc(C(=O)Nc2ccc(Cl)c(Br)c2)cc1[N+](=O)[O-]. The van der Waals surface area contributed by atoms with Gasteiger partial charge in [-0.2, -0.15) is 0 Å². The summed E-state index contributed by atoms with van der Waals surface area (Å²) in [7, 11) is 0. The first-order chi connectivity index (χ1) is 9.88. The molecule has 0 bridgehead atoms. The zero-order valence-corrected chi connectivity index (χ0v) is 12.8. The van der Waals surface area contributed by atoms with Gasteiger partial charge in [-0.25, -0.2) is 0 Å². The van der Waals surface area contributed by atoms with Gasteiger partial charge in [-0.3, -0.25) is 14.9 Å². The van der Waals surface area contributed by atoms with Crippen molar-refractivity contribution in [3.63, 3.8) is 0 Å². The van der Waals surface area contributed by atoms with Crippen molar-refractivity contribution in [1.29, 1.82) is 0 Å². The number of rotatable bonds is 3. The van der Waals surface area contributed by atoms with Crippen LogP contribution >= 0.6 is 27.5 Å². The Morgan fingerprint density at radius 3 is 2.62 bits per heavy atom. The Bertz CT molecular complexity index is 737. The minimum atomic E-state index is -0.634. The maximum atomic E-state index is 12.1. The number of amides is 1. The summed E-state index contributed by atoms with van der Waals surface area (Å²) in [6, 6.07) is 8.75. The third kappa shape index (κ3) is 3.50. The molecule has 0 spiro atoms. The second-order valence-electron chi connectivity index (χ2n) is 4.11. The number of nitrogens with one attached hydrogen (secondary N) is 1. The number of benzene rings is 2. The van der Waals surface area contributed by atoms with Gasteiger partial charge in [0.25, 0.3) is 11.6 Å². The Morgan fingerprint density at radius 2 is 2.00 bits per heavy atom. The largest absolute Gasteiger partial charge is 0.393 e. The highest BCUT2D eigenvalue weighted by molar-refractivity contribution is 9.10. The third-order valence-electron chi connectivity index (χ3n) is 2.67. The molecular weight excluding hydrogens is 362 g/mol. The molecule has 0 unspecified atom stereocenters. The first-order valence-corrected chi connectivity index (χ1v) is 6.86. The minimum absolute atomic E-state index is 0.00536. The van der Waals surface area contributed by atoms with Crippen LogP contribution in [0.4, 0.5) is 17.1 Å². The lowest BCUT2D eigenvalue weighted by Gasteiger charge is -2.07. The summed E-state index contributed by atoms with van der Waals surface area (Å²) < 4.78 is 0.630. The monoisotopic (exact) mass is 369 g/mol. The van der Waals surface area contributed by atoms with Crippen molar-refractivity contribution in [3.8, 4) is 0 Å². The Balaban J connectivity index is 2.26. The van der Waals surface area contributed by atoms with Gasteiger partial charge in [-0.15, -0.1) is 0 Å². The number of nitro groups is 1. The van der Waals surface area contributed by atoms with Crippen molar-refractivity contribution >= 4 is 50.5 Å². The smallest absolute Gasteiger partial charge is 0.292 e. The van der Waals surface area contributed by atoms with Crippen LogP contribution in [0.3, 0.4) is 0 Å². The van der Waals surface area contributed by atoms with Crippen LogP contribution in [0.15, 0.2) is 40.9 Å². The highest BCUT2D eigenvalue weighted by atomic mass is 79.9. The molecule has 0 aliphatic carbocycles. The second-order valence-corrected chi connectivity index (χ2v) is 5.38. The number of hydrogen-bond donors (Lipinski definition) is 2. The molecule has 0 radical (unpaired) electrons. The molecule has 0 atom stereocenters. The highest BCUT2D eigenvalue weighted by Crippen LogP contribution is 2.26. The summed E-state index contributed by atoms with van der Waals surface area (Å²) >= 11 is 9.10. The number of nitro benzene ring substituents is 1. The molecule has 3 N–H and O–H groups in total. The number of hydrogen-bond acceptors (Lipinski definition) is 4. The van der Waals surface area contributed by atoms with Crippen molar-refractivity contribution in [1.82, 2.24) is 0 Å². The molecule has 0 fully saturated rings. The van der Waals surface area contributed by atoms with Gasteiger partial charge in [0, 0.05) is 21.8 Å². The van der Waals surface area contributed by atoms with Gasteiger partial charge in [-0.05, 0) is 46.3 Å². The van der Waals surface area contributed by atoms with E-state index in [-0.39, 0.29) is 16.9 Å². The van der Waals surface area contributed by atoms with Gasteiger partial charge >= 0.3 is 0 Å². The molecule has 0 aromatic heterocycles. The molecule has 2 rings (SSSR count). The zero-order valence-electron chi connectivity index (χ0n) is 10.5. The molecule has 2 aromatic carbocycles. The van der Waals surface area contributed by atoms with Gasteiger partial charge in [0.15, 0.2) is 0 Å². The fourth-order valence-electron chi connectivity index (χ4n) is 1.62. The number of nitrogens with zero attached hydrogens (tertiary/aromatic N) is 1. The molecule has 0 heterocycles. The van der Waals surface area contributed by atoms with Crippen molar-refractivity contribution in [2.24, 2.45) is 0 Å². The Hall–Kier alpha value is -2.12. The van der Waals surface area contributed by atoms with Gasteiger partial charge in [0.05, 0.1) is 9.95 Å². The lowest BCUT2D eigenvalue weighted by molar-refractivity contribution is -0.383. The van der Waals surface area contributed by atoms with E-state index < -0.39 is 10.8 Å². The van der Waals surface area contributed by atoms with Crippen LogP contribution in [0.1, 0.15) is 10.4 Å². The van der Waals surface area contributed by atoms with E-state index in [9.17, 15) is 14.9 Å². The third-order valence-corrected chi connectivity index (χ3v) is 3.88. The Kier molecular flexibility index (Phi) is 4.44. The van der Waals surface area contributed by atoms with Gasteiger partial charge in [-0.1, -0.05) is 11.6 Å². The Labute approximate surface area is 133 Å². The Morgan fingerprint density at radius 1 is 1.29 bits per heavy atom. The summed E-state index contributed by atoms with van der Waals surface area (Å²) in [5.41, 5.74) is 5.84. The molecule has 2 aromatic rings. The molecule has 0 saturated carbocycles. The quantitative estimate of drug-likeness (QED) is 0.487. The fourth-order valence-corrected chi connectivity index (χ4v) is 2.12. The number of carbonyl (C=O) groups is 1. The number of nitrogens with two attached hydrogens (primary N) is 1. The van der Waals surface area contributed by atoms with Gasteiger partial charge in [0.2, 0.25) is 0 Å². The molecular formula is C13H9BrClN3O3. The normalized spacial score (nSPS) is 10.2. The topological polar surface area (TPSA) is 98.3 Å². The maximum Gasteiger partial charge on any atom is 0.292 e. The molecule has 8 heteroatoms. The highest BCUT2D eigenvalue weighted by Gasteiger charge is 2.16. The molecule has 6 nitrogen and oxygen atoms in total. The van der Waals surface area contributed by atoms with E-state index in [0.717, 1.165) is 6.07 Å². The first kappa shape index (κ1) is 15.3. The zero-order chi connectivity index (χ0) is 15.6. The molecule has 0 aliphatic rings. The van der Waals surface area contributed by atoms with Crippen molar-refractivity contribution < 1.29 is 9.72 Å². The average Bonchev–Trinajstić information content (AvgIpc) is 2.43. The summed E-state index contributed by atoms with van der Waals surface area (Å²) in [5, 5.41) is 13.9. The van der Waals surface area contributed by atoms with Gasteiger partial charge in [0.1, 0.15) is 5.69 Å². The van der Waals surface area contributed by atoms with Gasteiger partial charge < -0.3 is 11.1 Å². The van der Waals surface area contributed by atoms with E-state index in [1.54, 1.807) is 18.2 Å². The standard InChI is InChI=1S/C13H9BrClN3O3/c14-9-6-8(2-3-10(9)15)17-13(19)7-1-4-11(16)12(5-7)18(20)21/h1-6H,16H2,(H,17,19). The van der Waals surface area contributed by atoms with Crippen molar-refractivity contribution in [3.05, 3.63) is 61.6 Å². The van der Waals surface area contributed by atoms with Crippen LogP contribution in [0.2, 0.25) is 5.02 Å². The predicted molar refractivity (Wildman–Crippen MR) is 84.6 cm³/mol. The second kappa shape index (κ2) is 6.11. The van der Waals surface area contributed by atoms with Crippen LogP contribution < -0.4 is 11.1 Å². The number of carbonyl (C=O) groups excluding carboxylic acids is 1. The van der Waals surface area contributed by atoms with Crippen LogP contribution in [-0.2, 0) is 0 Å². The molecule has 1 amide bonds. The summed E-state index contributed by atoms with van der Waals surface area (Å²) in [4.78, 5) is 22.2. The minimum Gasteiger partial charge on any atom is -0.393 e. The number of nitrogen functional groups attached to an aromatic ring is 1. The molecule has 21 heavy (non-hydrogen) atoms. The van der Waals surface area contributed by atoms with Crippen molar-refractivity contribution in [2.45, 2.75) is 0 Å². The number of anilines is 2. The van der Waals surface area contributed by atoms with E-state index in [1.165, 1.54) is 12.1 Å². The van der Waals surface area contributed by atoms with E-state index >= 15 is 0 Å². The first-order valence-electron chi connectivity index (χ1n) is 5.69. The van der Waals surface area contributed by atoms with Crippen LogP contribution in [0, 0.1) is 10.1 Å². The fraction of sp³-hybridized carbons (Fsp3) is 0.